The van der Waals surface area contributed by atoms with Gasteiger partial charge in [-0.2, -0.15) is 0 Å². The van der Waals surface area contributed by atoms with Crippen molar-refractivity contribution in [3.05, 3.63) is 24.0 Å². The predicted molar refractivity (Wildman–Crippen MR) is 56.6 cm³/mol. The topological polar surface area (TPSA) is 93.1 Å². The molecule has 0 aliphatic carbocycles. The van der Waals surface area contributed by atoms with Gasteiger partial charge in [0.05, 0.1) is 34.2 Å². The lowest BCUT2D eigenvalue weighted by Crippen LogP contribution is -2.18. The van der Waals surface area contributed by atoms with Gasteiger partial charge in [0.25, 0.3) is 0 Å². The van der Waals surface area contributed by atoms with Crippen LogP contribution < -0.4 is 0 Å². The van der Waals surface area contributed by atoms with Crippen LogP contribution in [0.3, 0.4) is 0 Å². The van der Waals surface area contributed by atoms with E-state index >= 15 is 0 Å². The average Bonchev–Trinajstić information content (AvgIpc) is 2.13. The molecule has 0 spiro atoms. The van der Waals surface area contributed by atoms with Gasteiger partial charge in [-0.05, 0) is 0 Å². The molecule has 0 aliphatic rings. The molecule has 0 unspecified atom stereocenters. The highest BCUT2D eigenvalue weighted by molar-refractivity contribution is 7.96. The van der Waals surface area contributed by atoms with Crippen LogP contribution in [0.1, 0.15) is 0 Å². The smallest absolute Gasteiger partial charge is 0.0948 e. The molecular weight excluding hydrogens is 232 g/mol. The fraction of sp³-hybridized carbons (Fsp3) is 0.333. The standard InChI is InChI=1S/C6H14O6S2/c1-3-13(7,8)11-5-6-12-14(9,10)4-2/h3-4,13-14H,1-2,5-6H2,(H,7,8)(H,9,10). The van der Waals surface area contributed by atoms with E-state index in [1.54, 1.807) is 0 Å². The summed E-state index contributed by atoms with van der Waals surface area (Å²) in [6.07, 6.45) is 0. The molecule has 0 saturated carbocycles. The highest BCUT2D eigenvalue weighted by atomic mass is 32.3. The Morgan fingerprint density at radius 1 is 1.00 bits per heavy atom. The van der Waals surface area contributed by atoms with Crippen molar-refractivity contribution in [3.8, 4) is 0 Å². The van der Waals surface area contributed by atoms with Gasteiger partial charge < -0.3 is 9.11 Å². The molecule has 0 atom stereocenters. The summed E-state index contributed by atoms with van der Waals surface area (Å²) in [5.41, 5.74) is 0. The molecule has 8 heteroatoms. The largest absolute Gasteiger partial charge is 0.306 e. The van der Waals surface area contributed by atoms with Crippen molar-refractivity contribution in [2.45, 2.75) is 0 Å². The zero-order chi connectivity index (χ0) is 11.2. The monoisotopic (exact) mass is 246 g/mol. The molecule has 0 bridgehead atoms. The Bertz CT molecular complexity index is 269. The van der Waals surface area contributed by atoms with Gasteiger partial charge in [-0.15, -0.1) is 0 Å². The molecule has 0 aliphatic heterocycles. The molecule has 0 saturated heterocycles. The van der Waals surface area contributed by atoms with E-state index in [2.05, 4.69) is 21.5 Å². The van der Waals surface area contributed by atoms with E-state index in [1.165, 1.54) is 0 Å². The summed E-state index contributed by atoms with van der Waals surface area (Å²) < 4.78 is 48.0. The summed E-state index contributed by atoms with van der Waals surface area (Å²) in [5.74, 6) is 0. The Morgan fingerprint density at radius 2 is 1.29 bits per heavy atom. The third-order valence-corrected chi connectivity index (χ3v) is 3.13. The maximum Gasteiger partial charge on any atom is 0.0948 e. The summed E-state index contributed by atoms with van der Waals surface area (Å²) in [6.45, 7) is 5.59. The zero-order valence-corrected chi connectivity index (χ0v) is 9.19. The zero-order valence-electron chi connectivity index (χ0n) is 7.40. The van der Waals surface area contributed by atoms with Crippen LogP contribution in [0.5, 0.6) is 0 Å². The van der Waals surface area contributed by atoms with Crippen LogP contribution in [0.25, 0.3) is 0 Å². The van der Waals surface area contributed by atoms with Crippen molar-refractivity contribution in [2.24, 2.45) is 0 Å². The summed E-state index contributed by atoms with van der Waals surface area (Å²) in [4.78, 5) is 0. The fourth-order valence-corrected chi connectivity index (χ4v) is 1.32. The number of hydrogen-bond acceptors (Lipinski definition) is 4. The first kappa shape index (κ1) is 13.6. The molecular formula is C6H14O6S2. The quantitative estimate of drug-likeness (QED) is 0.376. The lowest BCUT2D eigenvalue weighted by atomic mass is 10.8. The minimum Gasteiger partial charge on any atom is -0.306 e. The molecule has 0 aromatic rings. The lowest BCUT2D eigenvalue weighted by molar-refractivity contribution is 0.208. The van der Waals surface area contributed by atoms with Crippen LogP contribution in [0.15, 0.2) is 24.0 Å². The van der Waals surface area contributed by atoms with Crippen LogP contribution in [0, 0.1) is 0 Å². The van der Waals surface area contributed by atoms with Gasteiger partial charge in [0, 0.05) is 10.8 Å². The molecule has 0 radical (unpaired) electrons. The van der Waals surface area contributed by atoms with Gasteiger partial charge in [-0.25, -0.2) is 8.42 Å². The molecule has 0 fully saturated rings. The second-order valence-corrected chi connectivity index (χ2v) is 5.66. The van der Waals surface area contributed by atoms with Crippen LogP contribution in [-0.4, -0.2) is 30.7 Å². The van der Waals surface area contributed by atoms with Crippen molar-refractivity contribution in [1.82, 2.24) is 0 Å². The van der Waals surface area contributed by atoms with Gasteiger partial charge in [0.1, 0.15) is 0 Å². The van der Waals surface area contributed by atoms with Crippen molar-refractivity contribution < 1.29 is 25.9 Å². The van der Waals surface area contributed by atoms with E-state index in [0.29, 0.717) is 0 Å². The Hall–Kier alpha value is -0.380. The highest BCUT2D eigenvalue weighted by Crippen LogP contribution is 2.04. The van der Waals surface area contributed by atoms with Crippen LogP contribution in [0.2, 0.25) is 0 Å². The number of hydrogen-bond donors (Lipinski definition) is 4. The molecule has 0 aromatic carbocycles. The van der Waals surface area contributed by atoms with Crippen molar-refractivity contribution in [2.75, 3.05) is 13.2 Å². The molecule has 0 rings (SSSR count). The van der Waals surface area contributed by atoms with E-state index < -0.39 is 21.0 Å². The Balaban J connectivity index is 3.78. The van der Waals surface area contributed by atoms with Gasteiger partial charge in [0.15, 0.2) is 0 Å². The number of thiol groups is 2. The molecule has 0 aromatic heterocycles. The maximum absolute atomic E-state index is 10.8. The van der Waals surface area contributed by atoms with E-state index in [1.807, 2.05) is 0 Å². The molecule has 2 N–H and O–H groups in total. The minimum atomic E-state index is -3.78. The summed E-state index contributed by atoms with van der Waals surface area (Å²) in [7, 11) is -7.55. The van der Waals surface area contributed by atoms with Crippen molar-refractivity contribution in [3.63, 3.8) is 0 Å². The minimum absolute atomic E-state index is 0.280. The van der Waals surface area contributed by atoms with E-state index in [9.17, 15) is 8.42 Å². The highest BCUT2D eigenvalue weighted by Gasteiger charge is 2.06. The Labute approximate surface area is 84.5 Å². The first-order valence-corrected chi connectivity index (χ1v) is 6.83. The first-order valence-electron chi connectivity index (χ1n) is 3.54. The molecule has 14 heavy (non-hydrogen) atoms. The first-order chi connectivity index (χ1) is 6.33. The van der Waals surface area contributed by atoms with Crippen LogP contribution in [-0.2, 0) is 29.4 Å². The van der Waals surface area contributed by atoms with E-state index in [-0.39, 0.29) is 13.2 Å². The maximum atomic E-state index is 10.8. The summed E-state index contributed by atoms with van der Waals surface area (Å²) in [6, 6.07) is 0. The Kier molecular flexibility index (Phi) is 5.34. The Morgan fingerprint density at radius 3 is 1.50 bits per heavy atom. The second kappa shape index (κ2) is 5.49. The van der Waals surface area contributed by atoms with Gasteiger partial charge >= 0.3 is 0 Å². The molecule has 0 heterocycles. The fourth-order valence-electron chi connectivity index (χ4n) is 0.442. The molecule has 6 nitrogen and oxygen atoms in total. The second-order valence-electron chi connectivity index (χ2n) is 2.16. The average molecular weight is 246 g/mol. The SMILES string of the molecule is C=C[SH](=O)(O)OCCO[SH](=O)(O)C=C. The third kappa shape index (κ3) is 6.13. The summed E-state index contributed by atoms with van der Waals surface area (Å²) in [5, 5.41) is 1.53. The summed E-state index contributed by atoms with van der Waals surface area (Å²) >= 11 is 0. The number of rotatable bonds is 7. The van der Waals surface area contributed by atoms with Crippen LogP contribution >= 0.6 is 0 Å². The van der Waals surface area contributed by atoms with Gasteiger partial charge in [-0.1, -0.05) is 13.2 Å². The van der Waals surface area contributed by atoms with Gasteiger partial charge in [0.2, 0.25) is 0 Å². The third-order valence-electron chi connectivity index (χ3n) is 1.10. The lowest BCUT2D eigenvalue weighted by Gasteiger charge is -2.16. The normalized spacial score (nSPS) is 14.7. The molecule has 0 amide bonds. The van der Waals surface area contributed by atoms with Crippen molar-refractivity contribution >= 4 is 21.0 Å². The van der Waals surface area contributed by atoms with Crippen molar-refractivity contribution in [1.29, 1.82) is 0 Å². The molecule has 86 valence electrons. The van der Waals surface area contributed by atoms with E-state index in [0.717, 1.165) is 10.8 Å². The van der Waals surface area contributed by atoms with Crippen LogP contribution in [0.4, 0.5) is 0 Å². The van der Waals surface area contributed by atoms with Gasteiger partial charge in [-0.3, -0.25) is 8.37 Å². The predicted octanol–water partition coefficient (Wildman–Crippen LogP) is 0.116. The van der Waals surface area contributed by atoms with E-state index in [4.69, 9.17) is 9.11 Å².